The molecule has 3 heterocycles. The zero-order chi connectivity index (χ0) is 32.5. The van der Waals surface area contributed by atoms with E-state index in [1.165, 1.54) is 41.7 Å². The third-order valence-corrected chi connectivity index (χ3v) is 10.6. The molecule has 0 saturated carbocycles. The number of para-hydroxylation sites is 3. The Kier molecular flexibility index (Phi) is 6.13. The highest BCUT2D eigenvalue weighted by atomic mass is 32.1. The molecule has 6 heteroatoms. The minimum absolute atomic E-state index is 0.132. The summed E-state index contributed by atoms with van der Waals surface area (Å²) in [7, 11) is 0. The van der Waals surface area contributed by atoms with Gasteiger partial charge in [-0.15, -0.1) is 11.3 Å². The van der Waals surface area contributed by atoms with E-state index in [4.69, 9.17) is 9.98 Å². The molecule has 3 aromatic heterocycles. The molecule has 5 nitrogen and oxygen atoms in total. The van der Waals surface area contributed by atoms with Gasteiger partial charge in [-0.25, -0.2) is 4.98 Å². The lowest BCUT2D eigenvalue weighted by atomic mass is 9.99. The zero-order valence-electron chi connectivity index (χ0n) is 26.2. The number of nitrogens with zero attached hydrogens (tertiary/aromatic N) is 3. The van der Waals surface area contributed by atoms with Gasteiger partial charge in [-0.2, -0.15) is 4.99 Å². The van der Waals surface area contributed by atoms with E-state index in [-0.39, 0.29) is 5.84 Å². The van der Waals surface area contributed by atoms with Crippen LogP contribution in [0.25, 0.3) is 80.6 Å². The first kappa shape index (κ1) is 27.7. The summed E-state index contributed by atoms with van der Waals surface area (Å²) in [6.45, 7) is 0. The van der Waals surface area contributed by atoms with Crippen LogP contribution in [0.5, 0.6) is 0 Å². The van der Waals surface area contributed by atoms with Crippen molar-refractivity contribution in [3.8, 4) is 16.9 Å². The van der Waals surface area contributed by atoms with Gasteiger partial charge in [0.2, 0.25) is 5.62 Å². The standard InChI is InChI=1S/C43H27N5S/c44-42(47-43-45-33-22-10-6-18-29(33)39(46-43)26-14-2-1-3-15-26)31-20-8-12-24-35(31)48-34-23-11-7-19-30(34)37-27-16-4-5-17-28(27)38-32-21-9-13-25-36(32)49-41(38)40(37)48/h1-25H,(H2,44,45,46,47). The molecule has 0 aliphatic heterocycles. The van der Waals surface area contributed by atoms with Crippen molar-refractivity contribution in [2.45, 2.75) is 0 Å². The molecule has 7 aromatic carbocycles. The van der Waals surface area contributed by atoms with Gasteiger partial charge in [-0.05, 0) is 41.1 Å². The number of fused-ring (bicyclic) bond motifs is 11. The van der Waals surface area contributed by atoms with Crippen molar-refractivity contribution in [2.75, 3.05) is 0 Å². The second-order valence-corrected chi connectivity index (χ2v) is 13.3. The number of aromatic amines is 1. The number of benzene rings is 7. The molecule has 0 saturated heterocycles. The quantitative estimate of drug-likeness (QED) is 0.146. The Morgan fingerprint density at radius 3 is 2.08 bits per heavy atom. The summed E-state index contributed by atoms with van der Waals surface area (Å²) in [4.78, 5) is 13.2. The summed E-state index contributed by atoms with van der Waals surface area (Å²) in [6.07, 6.45) is 0. The number of H-pyrrole nitrogens is 1. The molecule has 0 unspecified atom stereocenters. The van der Waals surface area contributed by atoms with Gasteiger partial charge in [0.25, 0.3) is 0 Å². The number of amidine groups is 1. The van der Waals surface area contributed by atoms with Crippen LogP contribution in [0, 0.1) is 5.41 Å². The minimum atomic E-state index is 0.132. The van der Waals surface area contributed by atoms with Crippen LogP contribution >= 0.6 is 11.3 Å². The monoisotopic (exact) mass is 645 g/mol. The lowest BCUT2D eigenvalue weighted by Crippen LogP contribution is -2.17. The Bertz CT molecular complexity index is 3020. The summed E-state index contributed by atoms with van der Waals surface area (Å²) >= 11 is 1.83. The molecule has 0 aliphatic carbocycles. The van der Waals surface area contributed by atoms with Gasteiger partial charge in [-0.3, -0.25) is 5.41 Å². The van der Waals surface area contributed by atoms with Gasteiger partial charge in [0.1, 0.15) is 0 Å². The second kappa shape index (κ2) is 10.8. The van der Waals surface area contributed by atoms with Crippen molar-refractivity contribution in [1.82, 2.24) is 14.5 Å². The van der Waals surface area contributed by atoms with Crippen LogP contribution in [0.3, 0.4) is 0 Å². The third-order valence-electron chi connectivity index (χ3n) is 9.46. The fourth-order valence-corrected chi connectivity index (χ4v) is 8.65. The number of rotatable bonds is 3. The summed E-state index contributed by atoms with van der Waals surface area (Å²) in [6, 6.07) is 52.4. The predicted octanol–water partition coefficient (Wildman–Crippen LogP) is 10.8. The smallest absolute Gasteiger partial charge is 0.229 e. The van der Waals surface area contributed by atoms with Crippen LogP contribution in [0.2, 0.25) is 0 Å². The molecule has 10 aromatic rings. The molecule has 0 fully saturated rings. The number of aromatic nitrogens is 3. The fourth-order valence-electron chi connectivity index (χ4n) is 7.39. The van der Waals surface area contributed by atoms with Crippen molar-refractivity contribution in [3.63, 3.8) is 0 Å². The largest absolute Gasteiger partial charge is 0.323 e. The molecular formula is C43H27N5S. The molecule has 0 bridgehead atoms. The van der Waals surface area contributed by atoms with E-state index in [1.54, 1.807) is 0 Å². The average Bonchev–Trinajstić information content (AvgIpc) is 3.72. The van der Waals surface area contributed by atoms with Crippen LogP contribution in [-0.4, -0.2) is 20.4 Å². The average molecular weight is 646 g/mol. The van der Waals surface area contributed by atoms with Crippen LogP contribution in [0.15, 0.2) is 157 Å². The van der Waals surface area contributed by atoms with Crippen molar-refractivity contribution in [2.24, 2.45) is 4.99 Å². The third kappa shape index (κ3) is 4.21. The Balaban J connectivity index is 1.27. The van der Waals surface area contributed by atoms with E-state index in [1.807, 2.05) is 65.9 Å². The molecule has 0 aliphatic rings. The molecule has 0 atom stereocenters. The maximum absolute atomic E-state index is 9.45. The van der Waals surface area contributed by atoms with Gasteiger partial charge in [0.05, 0.1) is 32.6 Å². The van der Waals surface area contributed by atoms with Gasteiger partial charge >= 0.3 is 0 Å². The predicted molar refractivity (Wildman–Crippen MR) is 205 cm³/mol. The van der Waals surface area contributed by atoms with Crippen LogP contribution < -0.4 is 5.62 Å². The maximum atomic E-state index is 9.45. The zero-order valence-corrected chi connectivity index (χ0v) is 27.0. The van der Waals surface area contributed by atoms with Gasteiger partial charge in [0.15, 0.2) is 5.84 Å². The Morgan fingerprint density at radius 2 is 1.24 bits per heavy atom. The minimum Gasteiger partial charge on any atom is -0.323 e. The lowest BCUT2D eigenvalue weighted by molar-refractivity contribution is 1.05. The van der Waals surface area contributed by atoms with E-state index in [2.05, 4.69) is 107 Å². The summed E-state index contributed by atoms with van der Waals surface area (Å²) in [5.41, 5.74) is 7.00. The summed E-state index contributed by atoms with van der Waals surface area (Å²) in [5, 5.41) is 17.9. The fraction of sp³-hybridized carbons (Fsp3) is 0. The second-order valence-electron chi connectivity index (χ2n) is 12.2. The van der Waals surface area contributed by atoms with Crippen LogP contribution in [0.1, 0.15) is 5.56 Å². The van der Waals surface area contributed by atoms with E-state index in [9.17, 15) is 5.41 Å². The van der Waals surface area contributed by atoms with Crippen molar-refractivity contribution in [3.05, 3.63) is 163 Å². The number of hydrogen-bond acceptors (Lipinski definition) is 3. The van der Waals surface area contributed by atoms with E-state index in [0.717, 1.165) is 44.4 Å². The number of thiophene rings is 1. The Morgan fingerprint density at radius 1 is 0.612 bits per heavy atom. The number of nitrogens with one attached hydrogen (secondary N) is 2. The molecule has 2 N–H and O–H groups in total. The van der Waals surface area contributed by atoms with Crippen LogP contribution in [0.4, 0.5) is 0 Å². The molecule has 49 heavy (non-hydrogen) atoms. The highest BCUT2D eigenvalue weighted by Crippen LogP contribution is 2.48. The lowest BCUT2D eigenvalue weighted by Gasteiger charge is -2.14. The molecular weight excluding hydrogens is 619 g/mol. The van der Waals surface area contributed by atoms with Gasteiger partial charge in [-0.1, -0.05) is 121 Å². The van der Waals surface area contributed by atoms with Gasteiger partial charge < -0.3 is 9.55 Å². The highest BCUT2D eigenvalue weighted by molar-refractivity contribution is 7.27. The first-order valence-corrected chi connectivity index (χ1v) is 17.1. The molecule has 0 radical (unpaired) electrons. The molecule has 0 spiro atoms. The summed E-state index contributed by atoms with van der Waals surface area (Å²) < 4.78 is 4.85. The molecule has 0 amide bonds. The first-order chi connectivity index (χ1) is 24.2. The van der Waals surface area contributed by atoms with E-state index in [0.29, 0.717) is 5.62 Å². The van der Waals surface area contributed by atoms with E-state index >= 15 is 0 Å². The Labute approximate surface area is 284 Å². The van der Waals surface area contributed by atoms with Gasteiger partial charge in [0, 0.05) is 42.8 Å². The Hall–Kier alpha value is -6.37. The summed E-state index contributed by atoms with van der Waals surface area (Å²) in [5.74, 6) is 0.132. The van der Waals surface area contributed by atoms with Crippen LogP contribution in [-0.2, 0) is 0 Å². The van der Waals surface area contributed by atoms with Crippen molar-refractivity contribution in [1.29, 1.82) is 5.41 Å². The maximum Gasteiger partial charge on any atom is 0.229 e. The first-order valence-electron chi connectivity index (χ1n) is 16.3. The molecule has 10 rings (SSSR count). The molecule has 230 valence electrons. The van der Waals surface area contributed by atoms with E-state index < -0.39 is 0 Å². The van der Waals surface area contributed by atoms with Crippen molar-refractivity contribution >= 4 is 80.8 Å². The normalized spacial score (nSPS) is 12.3. The highest BCUT2D eigenvalue weighted by Gasteiger charge is 2.23. The number of hydrogen-bond donors (Lipinski definition) is 2. The van der Waals surface area contributed by atoms with Crippen molar-refractivity contribution < 1.29 is 0 Å². The SMILES string of the molecule is N=C(N=c1nc(-c2ccccc2)c2ccccc2[nH]1)c1ccccc1-n1c2ccccc2c2c3ccccc3c3c4ccccc4sc3c21. The topological polar surface area (TPSA) is 69.8 Å².